The second-order valence-electron chi connectivity index (χ2n) is 4.38. The molecule has 0 aliphatic heterocycles. The molecule has 0 fully saturated rings. The molecule has 0 unspecified atom stereocenters. The van der Waals surface area contributed by atoms with Crippen LogP contribution in [0.5, 0.6) is 0 Å². The minimum atomic E-state index is -0.200. The normalized spacial score (nSPS) is 10.1. The number of nitrogen functional groups attached to an aromatic ring is 1. The zero-order chi connectivity index (χ0) is 14.4. The summed E-state index contributed by atoms with van der Waals surface area (Å²) >= 11 is 0. The molecule has 20 heavy (non-hydrogen) atoms. The number of pyridine rings is 2. The van der Waals surface area contributed by atoms with Gasteiger partial charge in [0.05, 0.1) is 11.3 Å². The number of anilines is 1. The second-order valence-corrected chi connectivity index (χ2v) is 4.38. The summed E-state index contributed by atoms with van der Waals surface area (Å²) in [5.74, 6) is 5.21. The number of carbonyl (C=O) groups excluding carboxylic acids is 1. The molecule has 0 spiro atoms. The Kier molecular flexibility index (Phi) is 4.62. The molecule has 2 aromatic rings. The summed E-state index contributed by atoms with van der Waals surface area (Å²) in [6.07, 6.45) is 5.75. The molecule has 0 atom stereocenters. The van der Waals surface area contributed by atoms with Crippen LogP contribution in [0.25, 0.3) is 0 Å². The number of amides is 1. The van der Waals surface area contributed by atoms with Gasteiger partial charge in [-0.15, -0.1) is 0 Å². The van der Waals surface area contributed by atoms with Crippen LogP contribution in [0, 0.1) is 6.92 Å². The van der Waals surface area contributed by atoms with Crippen LogP contribution in [-0.2, 0) is 6.42 Å². The van der Waals surface area contributed by atoms with Crippen molar-refractivity contribution in [1.82, 2.24) is 15.3 Å². The highest BCUT2D eigenvalue weighted by Gasteiger charge is 2.11. The molecule has 0 aliphatic rings. The van der Waals surface area contributed by atoms with Crippen LogP contribution in [0.4, 0.5) is 5.69 Å². The zero-order valence-corrected chi connectivity index (χ0v) is 11.3. The molecule has 0 aliphatic carbocycles. The molecule has 6 heteroatoms. The first-order valence-corrected chi connectivity index (χ1v) is 6.31. The molecule has 4 N–H and O–H groups in total. The summed E-state index contributed by atoms with van der Waals surface area (Å²) in [5.41, 5.74) is 5.39. The molecule has 0 bridgehead atoms. The number of aryl methyl sites for hydroxylation is 1. The van der Waals surface area contributed by atoms with Crippen LogP contribution < -0.4 is 16.6 Å². The zero-order valence-electron chi connectivity index (χ0n) is 11.3. The summed E-state index contributed by atoms with van der Waals surface area (Å²) < 4.78 is 0. The number of nitrogens with two attached hydrogens (primary N) is 1. The van der Waals surface area contributed by atoms with Crippen molar-refractivity contribution in [2.45, 2.75) is 13.3 Å². The van der Waals surface area contributed by atoms with E-state index in [1.54, 1.807) is 18.5 Å². The number of rotatable bonds is 5. The first-order valence-electron chi connectivity index (χ1n) is 6.31. The standard InChI is InChI=1S/C14H17N5O/c1-10-7-13(19-15)12(9-18-10)14(20)17-6-4-11-3-2-5-16-8-11/h2-3,5,7-9H,4,6,15H2,1H3,(H,17,20)(H,18,19). The van der Waals surface area contributed by atoms with Gasteiger partial charge in [-0.2, -0.15) is 0 Å². The Balaban J connectivity index is 1.95. The third-order valence-electron chi connectivity index (χ3n) is 2.86. The average Bonchev–Trinajstić information content (AvgIpc) is 2.48. The van der Waals surface area contributed by atoms with E-state index in [9.17, 15) is 4.79 Å². The maximum atomic E-state index is 12.1. The third-order valence-corrected chi connectivity index (χ3v) is 2.86. The van der Waals surface area contributed by atoms with Crippen LogP contribution in [0.15, 0.2) is 36.8 Å². The molecule has 0 aromatic carbocycles. The van der Waals surface area contributed by atoms with Crippen molar-refractivity contribution >= 4 is 11.6 Å². The van der Waals surface area contributed by atoms with Gasteiger partial charge >= 0.3 is 0 Å². The first kappa shape index (κ1) is 14.0. The van der Waals surface area contributed by atoms with Crippen LogP contribution in [0.1, 0.15) is 21.6 Å². The van der Waals surface area contributed by atoms with Crippen molar-refractivity contribution < 1.29 is 4.79 Å². The SMILES string of the molecule is Cc1cc(NN)c(C(=O)NCCc2cccnc2)cn1. The fourth-order valence-electron chi connectivity index (χ4n) is 1.82. The summed E-state index contributed by atoms with van der Waals surface area (Å²) in [6.45, 7) is 2.37. The van der Waals surface area contributed by atoms with Crippen LogP contribution in [0.3, 0.4) is 0 Å². The van der Waals surface area contributed by atoms with E-state index in [1.165, 1.54) is 6.20 Å². The molecule has 6 nitrogen and oxygen atoms in total. The fourth-order valence-corrected chi connectivity index (χ4v) is 1.82. The van der Waals surface area contributed by atoms with E-state index in [2.05, 4.69) is 20.7 Å². The molecule has 1 amide bonds. The molecule has 104 valence electrons. The first-order chi connectivity index (χ1) is 9.70. The van der Waals surface area contributed by atoms with Gasteiger partial charge in [-0.05, 0) is 31.0 Å². The minimum absolute atomic E-state index is 0.200. The van der Waals surface area contributed by atoms with Crippen LogP contribution >= 0.6 is 0 Å². The summed E-state index contributed by atoms with van der Waals surface area (Å²) in [4.78, 5) is 20.2. The van der Waals surface area contributed by atoms with Gasteiger partial charge in [0.25, 0.3) is 5.91 Å². The Morgan fingerprint density at radius 3 is 2.95 bits per heavy atom. The number of aromatic nitrogens is 2. The molecule has 0 saturated heterocycles. The fraction of sp³-hybridized carbons (Fsp3) is 0.214. The largest absolute Gasteiger partial charge is 0.352 e. The average molecular weight is 271 g/mol. The Hall–Kier alpha value is -2.47. The Bertz CT molecular complexity index is 585. The van der Waals surface area contributed by atoms with Gasteiger partial charge in [-0.3, -0.25) is 20.6 Å². The highest BCUT2D eigenvalue weighted by Crippen LogP contribution is 2.14. The molecule has 2 aromatic heterocycles. The van der Waals surface area contributed by atoms with Crippen molar-refractivity contribution in [1.29, 1.82) is 0 Å². The van der Waals surface area contributed by atoms with Gasteiger partial charge in [0.15, 0.2) is 0 Å². The smallest absolute Gasteiger partial charge is 0.255 e. The predicted octanol–water partition coefficient (Wildman–Crippen LogP) is 1.04. The molecular weight excluding hydrogens is 254 g/mol. The lowest BCUT2D eigenvalue weighted by molar-refractivity contribution is 0.0954. The maximum Gasteiger partial charge on any atom is 0.255 e. The van der Waals surface area contributed by atoms with Crippen molar-refractivity contribution in [2.24, 2.45) is 5.84 Å². The van der Waals surface area contributed by atoms with E-state index in [1.807, 2.05) is 19.1 Å². The predicted molar refractivity (Wildman–Crippen MR) is 77.1 cm³/mol. The van der Waals surface area contributed by atoms with Crippen LogP contribution in [-0.4, -0.2) is 22.4 Å². The Morgan fingerprint density at radius 2 is 2.25 bits per heavy atom. The molecule has 0 radical (unpaired) electrons. The van der Waals surface area contributed by atoms with E-state index in [-0.39, 0.29) is 5.91 Å². The van der Waals surface area contributed by atoms with Crippen molar-refractivity contribution in [3.8, 4) is 0 Å². The number of hydrogen-bond donors (Lipinski definition) is 3. The van der Waals surface area contributed by atoms with E-state index in [0.29, 0.717) is 17.8 Å². The number of hydrogen-bond acceptors (Lipinski definition) is 5. The van der Waals surface area contributed by atoms with Gasteiger partial charge in [-0.25, -0.2) is 0 Å². The van der Waals surface area contributed by atoms with Gasteiger partial charge in [0.1, 0.15) is 0 Å². The molecular formula is C14H17N5O. The van der Waals surface area contributed by atoms with Gasteiger partial charge < -0.3 is 10.7 Å². The number of nitrogens with one attached hydrogen (secondary N) is 2. The van der Waals surface area contributed by atoms with E-state index in [4.69, 9.17) is 5.84 Å². The van der Waals surface area contributed by atoms with Gasteiger partial charge in [0.2, 0.25) is 0 Å². The topological polar surface area (TPSA) is 92.9 Å². The van der Waals surface area contributed by atoms with Crippen molar-refractivity contribution in [3.63, 3.8) is 0 Å². The second kappa shape index (κ2) is 6.63. The van der Waals surface area contributed by atoms with E-state index >= 15 is 0 Å². The van der Waals surface area contributed by atoms with E-state index in [0.717, 1.165) is 17.7 Å². The lowest BCUT2D eigenvalue weighted by Crippen LogP contribution is -2.27. The molecule has 0 saturated carbocycles. The van der Waals surface area contributed by atoms with Gasteiger partial charge in [0, 0.05) is 30.8 Å². The number of carbonyl (C=O) groups is 1. The van der Waals surface area contributed by atoms with Crippen molar-refractivity contribution in [3.05, 3.63) is 53.6 Å². The lowest BCUT2D eigenvalue weighted by Gasteiger charge is -2.10. The minimum Gasteiger partial charge on any atom is -0.352 e. The third kappa shape index (κ3) is 3.52. The summed E-state index contributed by atoms with van der Waals surface area (Å²) in [5, 5.41) is 2.84. The highest BCUT2D eigenvalue weighted by atomic mass is 16.1. The summed E-state index contributed by atoms with van der Waals surface area (Å²) in [7, 11) is 0. The number of hydrazine groups is 1. The maximum absolute atomic E-state index is 12.1. The van der Waals surface area contributed by atoms with Crippen molar-refractivity contribution in [2.75, 3.05) is 12.0 Å². The molecule has 2 heterocycles. The van der Waals surface area contributed by atoms with Crippen LogP contribution in [0.2, 0.25) is 0 Å². The Morgan fingerprint density at radius 1 is 1.40 bits per heavy atom. The molecule has 2 rings (SSSR count). The quantitative estimate of drug-likeness (QED) is 0.558. The van der Waals surface area contributed by atoms with E-state index < -0.39 is 0 Å². The number of nitrogens with zero attached hydrogens (tertiary/aromatic N) is 2. The monoisotopic (exact) mass is 271 g/mol. The summed E-state index contributed by atoms with van der Waals surface area (Å²) in [6, 6.07) is 5.58. The Labute approximate surface area is 117 Å². The highest BCUT2D eigenvalue weighted by molar-refractivity contribution is 5.99. The van der Waals surface area contributed by atoms with Gasteiger partial charge in [-0.1, -0.05) is 6.07 Å². The lowest BCUT2D eigenvalue weighted by atomic mass is 10.2.